The van der Waals surface area contributed by atoms with Gasteiger partial charge in [0.25, 0.3) is 10.2 Å². The Balaban J connectivity index is 1.64. The number of hydrogen-bond acceptors (Lipinski definition) is 10. The molecule has 2 aliphatic heterocycles. The maximum Gasteiger partial charge on any atom is 0.342 e. The Morgan fingerprint density at radius 1 is 1.30 bits per heavy atom. The lowest BCUT2D eigenvalue weighted by molar-refractivity contribution is -0.0863. The van der Waals surface area contributed by atoms with Crippen molar-refractivity contribution < 1.29 is 27.1 Å². The summed E-state index contributed by atoms with van der Waals surface area (Å²) in [6.07, 6.45) is 1.61. The molecule has 4 heterocycles. The van der Waals surface area contributed by atoms with Crippen LogP contribution < -0.4 is 5.14 Å². The van der Waals surface area contributed by atoms with E-state index in [9.17, 15) is 17.6 Å². The van der Waals surface area contributed by atoms with Crippen LogP contribution in [0.1, 0.15) is 16.1 Å². The summed E-state index contributed by atoms with van der Waals surface area (Å²) in [5.74, 6) is -0.971. The van der Waals surface area contributed by atoms with Gasteiger partial charge in [0.1, 0.15) is 11.4 Å². The van der Waals surface area contributed by atoms with Crippen LogP contribution in [0.25, 0.3) is 22.1 Å². The first-order chi connectivity index (χ1) is 17.7. The number of rotatable bonds is 6. The van der Waals surface area contributed by atoms with Crippen LogP contribution in [-0.4, -0.2) is 84.0 Å². The van der Waals surface area contributed by atoms with Crippen LogP contribution in [0.5, 0.6) is 0 Å². The third-order valence-corrected chi connectivity index (χ3v) is 8.36. The molecule has 3 aromatic rings. The summed E-state index contributed by atoms with van der Waals surface area (Å²) in [5, 5.41) is 7.73. The van der Waals surface area contributed by atoms with Crippen molar-refractivity contribution >= 4 is 39.1 Å². The molecule has 1 unspecified atom stereocenters. The Kier molecular flexibility index (Phi) is 7.24. The minimum atomic E-state index is -3.88. The van der Waals surface area contributed by atoms with Gasteiger partial charge in [-0.3, -0.25) is 4.90 Å². The van der Waals surface area contributed by atoms with Gasteiger partial charge in [0.2, 0.25) is 0 Å². The summed E-state index contributed by atoms with van der Waals surface area (Å²) in [7, 11) is -2.64. The van der Waals surface area contributed by atoms with E-state index in [0.29, 0.717) is 16.3 Å². The normalized spacial score (nSPS) is 20.6. The molecule has 2 aromatic heterocycles. The molecular formula is C22H22ClFN6O5S2. The minimum absolute atomic E-state index is 0.0620. The highest BCUT2D eigenvalue weighted by Crippen LogP contribution is 2.35. The molecule has 0 aliphatic carbocycles. The number of hydrogen-bond donors (Lipinski definition) is 1. The number of piperazine rings is 1. The van der Waals surface area contributed by atoms with Crippen LogP contribution in [0.15, 0.2) is 29.8 Å². The Morgan fingerprint density at radius 3 is 2.62 bits per heavy atom. The van der Waals surface area contributed by atoms with E-state index in [1.807, 2.05) is 4.90 Å². The monoisotopic (exact) mass is 568 g/mol. The van der Waals surface area contributed by atoms with Gasteiger partial charge in [-0.15, -0.1) is 11.3 Å². The van der Waals surface area contributed by atoms with Crippen molar-refractivity contribution in [1.29, 1.82) is 0 Å². The van der Waals surface area contributed by atoms with Gasteiger partial charge in [0.15, 0.2) is 10.8 Å². The van der Waals surface area contributed by atoms with Gasteiger partial charge < -0.3 is 9.47 Å². The van der Waals surface area contributed by atoms with Gasteiger partial charge >= 0.3 is 5.97 Å². The average molecular weight is 569 g/mol. The van der Waals surface area contributed by atoms with Gasteiger partial charge in [-0.25, -0.2) is 29.3 Å². The van der Waals surface area contributed by atoms with Crippen molar-refractivity contribution in [2.45, 2.75) is 18.6 Å². The SMILES string of the molecule is COC(=O)c1c(CN2C3COC[C@H]2CN(S(N)(=O)=O)C3)nc(-c2nccs2)nc1-c1ccc(F)cc1Cl. The Bertz CT molecular complexity index is 1430. The maximum absolute atomic E-state index is 13.8. The van der Waals surface area contributed by atoms with Crippen LogP contribution in [0.3, 0.4) is 0 Å². The summed E-state index contributed by atoms with van der Waals surface area (Å²) < 4.78 is 49.9. The summed E-state index contributed by atoms with van der Waals surface area (Å²) >= 11 is 7.69. The predicted octanol–water partition coefficient (Wildman–Crippen LogP) is 1.93. The third kappa shape index (κ3) is 5.23. The Morgan fingerprint density at radius 2 is 2.03 bits per heavy atom. The summed E-state index contributed by atoms with van der Waals surface area (Å²) in [6.45, 7) is 0.969. The molecule has 0 spiro atoms. The number of halogens is 2. The standard InChI is InChI=1S/C22H22ClFN6O5S2/c1-34-22(31)18-17(9-30-13-7-29(37(25,32)33)8-14(30)11-35-10-13)27-20(21-26-4-5-36-21)28-19(18)15-3-2-12(24)6-16(15)23/h2-6,13-14H,7-11H2,1H3,(H2,25,32,33)/t13-,14?/m1/s1. The number of aromatic nitrogens is 3. The van der Waals surface area contributed by atoms with Gasteiger partial charge in [-0.05, 0) is 18.2 Å². The van der Waals surface area contributed by atoms with E-state index in [0.717, 1.165) is 6.07 Å². The number of methoxy groups -OCH3 is 1. The lowest BCUT2D eigenvalue weighted by atomic mass is 10.0. The van der Waals surface area contributed by atoms with Gasteiger partial charge in [0.05, 0.1) is 36.7 Å². The molecule has 0 saturated carbocycles. The summed E-state index contributed by atoms with van der Waals surface area (Å²) in [4.78, 5) is 28.7. The third-order valence-electron chi connectivity index (χ3n) is 6.26. The van der Waals surface area contributed by atoms with E-state index in [1.165, 1.54) is 34.9 Å². The number of nitrogens with two attached hydrogens (primary N) is 1. The van der Waals surface area contributed by atoms with E-state index >= 15 is 0 Å². The highest BCUT2D eigenvalue weighted by atomic mass is 35.5. The molecule has 11 nitrogen and oxygen atoms in total. The lowest BCUT2D eigenvalue weighted by Gasteiger charge is -2.48. The number of benzene rings is 1. The second kappa shape index (κ2) is 10.3. The Hall–Kier alpha value is -2.59. The fourth-order valence-electron chi connectivity index (χ4n) is 4.57. The molecule has 2 fully saturated rings. The fourth-order valence-corrected chi connectivity index (χ4v) is 6.16. The predicted molar refractivity (Wildman–Crippen MR) is 134 cm³/mol. The Labute approximate surface area is 221 Å². The van der Waals surface area contributed by atoms with Crippen molar-refractivity contribution in [2.75, 3.05) is 33.4 Å². The molecule has 196 valence electrons. The molecule has 2 bridgehead atoms. The zero-order valence-corrected chi connectivity index (χ0v) is 21.9. The first-order valence-electron chi connectivity index (χ1n) is 11.1. The smallest absolute Gasteiger partial charge is 0.342 e. The fraction of sp³-hybridized carbons (Fsp3) is 0.364. The zero-order valence-electron chi connectivity index (χ0n) is 19.5. The van der Waals surface area contributed by atoms with Gasteiger partial charge in [0, 0.05) is 48.9 Å². The van der Waals surface area contributed by atoms with E-state index in [4.69, 9.17) is 26.2 Å². The van der Waals surface area contributed by atoms with Crippen molar-refractivity contribution in [3.8, 4) is 22.1 Å². The summed E-state index contributed by atoms with van der Waals surface area (Å²) in [5.41, 5.74) is 0.914. The minimum Gasteiger partial charge on any atom is -0.465 e. The van der Waals surface area contributed by atoms with Crippen molar-refractivity contribution in [3.63, 3.8) is 0 Å². The quantitative estimate of drug-likeness (QED) is 0.441. The molecule has 0 radical (unpaired) electrons. The first kappa shape index (κ1) is 26.0. The molecule has 2 saturated heterocycles. The number of carbonyl (C=O) groups excluding carboxylic acids is 1. The highest BCUT2D eigenvalue weighted by molar-refractivity contribution is 7.86. The molecule has 15 heteroatoms. The van der Waals surface area contributed by atoms with E-state index in [2.05, 4.69) is 15.0 Å². The van der Waals surface area contributed by atoms with Gasteiger partial charge in [-0.1, -0.05) is 11.6 Å². The van der Waals surface area contributed by atoms with Crippen LogP contribution in [-0.2, 0) is 26.2 Å². The topological polar surface area (TPSA) is 141 Å². The number of fused-ring (bicyclic) bond motifs is 2. The molecule has 0 amide bonds. The number of ether oxygens (including phenoxy) is 2. The van der Waals surface area contributed by atoms with Crippen LogP contribution in [0.4, 0.5) is 4.39 Å². The van der Waals surface area contributed by atoms with E-state index in [1.54, 1.807) is 11.6 Å². The number of nitrogens with zero attached hydrogens (tertiary/aromatic N) is 5. The van der Waals surface area contributed by atoms with E-state index in [-0.39, 0.29) is 67.0 Å². The number of esters is 1. The van der Waals surface area contributed by atoms with Crippen molar-refractivity contribution in [3.05, 3.63) is 51.9 Å². The largest absolute Gasteiger partial charge is 0.465 e. The van der Waals surface area contributed by atoms with Crippen molar-refractivity contribution in [1.82, 2.24) is 24.2 Å². The number of carbonyl (C=O) groups is 1. The van der Waals surface area contributed by atoms with Crippen LogP contribution in [0.2, 0.25) is 5.02 Å². The molecule has 2 N–H and O–H groups in total. The second-order valence-electron chi connectivity index (χ2n) is 8.55. The first-order valence-corrected chi connectivity index (χ1v) is 13.9. The zero-order chi connectivity index (χ0) is 26.3. The summed E-state index contributed by atoms with van der Waals surface area (Å²) in [6, 6.07) is 3.15. The lowest BCUT2D eigenvalue weighted by Crippen LogP contribution is -2.65. The van der Waals surface area contributed by atoms with Crippen molar-refractivity contribution in [2.24, 2.45) is 5.14 Å². The molecule has 37 heavy (non-hydrogen) atoms. The molecule has 2 atom stereocenters. The number of thiazole rings is 1. The maximum atomic E-state index is 13.8. The van der Waals surface area contributed by atoms with E-state index < -0.39 is 22.0 Å². The van der Waals surface area contributed by atoms with Gasteiger partial charge in [-0.2, -0.15) is 12.7 Å². The molecule has 5 rings (SSSR count). The van der Waals surface area contributed by atoms with Crippen LogP contribution in [0, 0.1) is 5.82 Å². The molecule has 2 aliphatic rings. The number of morpholine rings is 1. The van der Waals surface area contributed by atoms with Crippen LogP contribution >= 0.6 is 22.9 Å². The average Bonchev–Trinajstić information content (AvgIpc) is 3.37. The second-order valence-corrected chi connectivity index (χ2v) is 11.4. The highest BCUT2D eigenvalue weighted by Gasteiger charge is 2.42. The molecular weight excluding hydrogens is 547 g/mol. The molecule has 1 aromatic carbocycles.